The summed E-state index contributed by atoms with van der Waals surface area (Å²) in [5, 5.41) is 17.4. The lowest BCUT2D eigenvalue weighted by atomic mass is 9.81. The van der Waals surface area contributed by atoms with Crippen molar-refractivity contribution in [1.29, 1.82) is 0 Å². The lowest BCUT2D eigenvalue weighted by molar-refractivity contribution is -0.142. The first-order chi connectivity index (χ1) is 18.1. The van der Waals surface area contributed by atoms with Gasteiger partial charge in [-0.1, -0.05) is 13.8 Å². The SMILES string of the molecule is CC(C)C[C@H]1C(=O)N[C@H](C(=O)NCC(=O)N2CCN(C)CC2)CCCCNC(=O)OCCC[C@@H]1C(=O)NO. The molecule has 2 aliphatic rings. The number of cyclic esters (lactones) is 1. The number of ether oxygens (including phenoxy) is 1. The molecular weight excluding hydrogens is 496 g/mol. The molecule has 0 aromatic rings. The average Bonchev–Trinajstić information content (AvgIpc) is 2.89. The topological polar surface area (TPSA) is 169 Å². The molecule has 2 heterocycles. The summed E-state index contributed by atoms with van der Waals surface area (Å²) < 4.78 is 5.15. The van der Waals surface area contributed by atoms with Gasteiger partial charge in [0, 0.05) is 38.6 Å². The zero-order valence-electron chi connectivity index (χ0n) is 22.8. The number of carbonyl (C=O) groups excluding carboxylic acids is 5. The summed E-state index contributed by atoms with van der Waals surface area (Å²) in [4.78, 5) is 67.5. The maximum atomic E-state index is 13.5. The van der Waals surface area contributed by atoms with Gasteiger partial charge in [-0.15, -0.1) is 0 Å². The van der Waals surface area contributed by atoms with Gasteiger partial charge in [-0.3, -0.25) is 24.4 Å². The second kappa shape index (κ2) is 16.1. The molecule has 13 heteroatoms. The highest BCUT2D eigenvalue weighted by Gasteiger charge is 2.36. The quantitative estimate of drug-likeness (QED) is 0.229. The molecule has 216 valence electrons. The Hall–Kier alpha value is -2.93. The summed E-state index contributed by atoms with van der Waals surface area (Å²) in [5.41, 5.74) is 1.65. The Balaban J connectivity index is 2.16. The van der Waals surface area contributed by atoms with Crippen molar-refractivity contribution in [1.82, 2.24) is 31.2 Å². The number of likely N-dealkylation sites (N-methyl/N-ethyl adjacent to an activating group) is 1. The van der Waals surface area contributed by atoms with Gasteiger partial charge < -0.3 is 30.5 Å². The van der Waals surface area contributed by atoms with Crippen molar-refractivity contribution >= 4 is 29.7 Å². The zero-order chi connectivity index (χ0) is 28.1. The number of nitrogens with zero attached hydrogens (tertiary/aromatic N) is 2. The molecule has 5 N–H and O–H groups in total. The summed E-state index contributed by atoms with van der Waals surface area (Å²) in [6, 6.07) is -0.924. The van der Waals surface area contributed by atoms with E-state index in [2.05, 4.69) is 20.9 Å². The Kier molecular flexibility index (Phi) is 13.3. The third-order valence-corrected chi connectivity index (χ3v) is 6.98. The van der Waals surface area contributed by atoms with E-state index in [4.69, 9.17) is 4.74 Å². The number of hydroxylamine groups is 1. The first kappa shape index (κ1) is 31.3. The average molecular weight is 541 g/mol. The van der Waals surface area contributed by atoms with Gasteiger partial charge in [-0.2, -0.15) is 0 Å². The lowest BCUT2D eigenvalue weighted by Gasteiger charge is -2.32. The van der Waals surface area contributed by atoms with E-state index in [1.54, 1.807) is 10.4 Å². The third-order valence-electron chi connectivity index (χ3n) is 6.98. The number of amides is 5. The smallest absolute Gasteiger partial charge is 0.407 e. The van der Waals surface area contributed by atoms with Crippen LogP contribution in [0, 0.1) is 17.8 Å². The number of alkyl carbamates (subject to hydrolysis) is 1. The van der Waals surface area contributed by atoms with Gasteiger partial charge in [0.2, 0.25) is 23.6 Å². The molecule has 0 bridgehead atoms. The maximum absolute atomic E-state index is 13.5. The summed E-state index contributed by atoms with van der Waals surface area (Å²) in [5.74, 6) is -3.50. The van der Waals surface area contributed by atoms with Gasteiger partial charge >= 0.3 is 6.09 Å². The molecule has 2 rings (SSSR count). The first-order valence-electron chi connectivity index (χ1n) is 13.5. The van der Waals surface area contributed by atoms with Crippen LogP contribution in [0.2, 0.25) is 0 Å². The predicted molar refractivity (Wildman–Crippen MR) is 138 cm³/mol. The number of hydrogen-bond donors (Lipinski definition) is 5. The van der Waals surface area contributed by atoms with Crippen LogP contribution in [-0.4, -0.2) is 104 Å². The molecular formula is C25H44N6O7. The largest absolute Gasteiger partial charge is 0.450 e. The van der Waals surface area contributed by atoms with E-state index < -0.39 is 41.7 Å². The minimum Gasteiger partial charge on any atom is -0.450 e. The maximum Gasteiger partial charge on any atom is 0.407 e. The highest BCUT2D eigenvalue weighted by atomic mass is 16.5. The highest BCUT2D eigenvalue weighted by molar-refractivity contribution is 5.92. The molecule has 0 aromatic heterocycles. The summed E-state index contributed by atoms with van der Waals surface area (Å²) in [6.45, 7) is 6.76. The second-order valence-electron chi connectivity index (χ2n) is 10.5. The monoisotopic (exact) mass is 540 g/mol. The van der Waals surface area contributed by atoms with Crippen LogP contribution in [0.3, 0.4) is 0 Å². The van der Waals surface area contributed by atoms with Crippen molar-refractivity contribution in [3.63, 3.8) is 0 Å². The van der Waals surface area contributed by atoms with Crippen LogP contribution in [0.25, 0.3) is 0 Å². The van der Waals surface area contributed by atoms with Crippen LogP contribution in [-0.2, 0) is 23.9 Å². The Bertz CT molecular complexity index is 816. The molecule has 38 heavy (non-hydrogen) atoms. The van der Waals surface area contributed by atoms with Gasteiger partial charge in [0.1, 0.15) is 6.04 Å². The predicted octanol–water partition coefficient (Wildman–Crippen LogP) is -0.164. The molecule has 2 saturated heterocycles. The van der Waals surface area contributed by atoms with Gasteiger partial charge in [0.15, 0.2) is 0 Å². The van der Waals surface area contributed by atoms with Crippen molar-refractivity contribution in [2.24, 2.45) is 17.8 Å². The van der Waals surface area contributed by atoms with Gasteiger partial charge in [0.05, 0.1) is 19.1 Å². The first-order valence-corrected chi connectivity index (χ1v) is 13.5. The highest BCUT2D eigenvalue weighted by Crippen LogP contribution is 2.26. The van der Waals surface area contributed by atoms with Gasteiger partial charge in [0.25, 0.3) is 0 Å². The van der Waals surface area contributed by atoms with Crippen molar-refractivity contribution in [2.45, 2.75) is 58.4 Å². The fourth-order valence-electron chi connectivity index (χ4n) is 4.74. The van der Waals surface area contributed by atoms with Crippen LogP contribution >= 0.6 is 0 Å². The van der Waals surface area contributed by atoms with E-state index in [-0.39, 0.29) is 37.8 Å². The lowest BCUT2D eigenvalue weighted by Crippen LogP contribution is -2.53. The Morgan fingerprint density at radius 2 is 1.76 bits per heavy atom. The van der Waals surface area contributed by atoms with E-state index in [9.17, 15) is 29.2 Å². The van der Waals surface area contributed by atoms with E-state index >= 15 is 0 Å². The number of carbonyl (C=O) groups is 5. The minimum atomic E-state index is -0.924. The fourth-order valence-corrected chi connectivity index (χ4v) is 4.74. The molecule has 0 saturated carbocycles. The number of hydrogen-bond acceptors (Lipinski definition) is 8. The van der Waals surface area contributed by atoms with Crippen molar-refractivity contribution in [3.8, 4) is 0 Å². The number of nitrogens with one attached hydrogen (secondary N) is 4. The van der Waals surface area contributed by atoms with E-state index in [0.717, 1.165) is 13.1 Å². The molecule has 0 aromatic carbocycles. The summed E-state index contributed by atoms with van der Waals surface area (Å²) >= 11 is 0. The molecule has 2 fully saturated rings. The van der Waals surface area contributed by atoms with Crippen LogP contribution in [0.5, 0.6) is 0 Å². The Morgan fingerprint density at radius 1 is 1.05 bits per heavy atom. The third kappa shape index (κ3) is 10.4. The van der Waals surface area contributed by atoms with E-state index in [1.165, 1.54) is 0 Å². The van der Waals surface area contributed by atoms with Gasteiger partial charge in [-0.25, -0.2) is 10.3 Å². The van der Waals surface area contributed by atoms with Gasteiger partial charge in [-0.05, 0) is 51.5 Å². The van der Waals surface area contributed by atoms with Crippen molar-refractivity contribution < 1.29 is 33.9 Å². The Morgan fingerprint density at radius 3 is 2.42 bits per heavy atom. The van der Waals surface area contributed by atoms with E-state index in [1.807, 2.05) is 20.9 Å². The fraction of sp³-hybridized carbons (Fsp3) is 0.800. The Labute approximate surface area is 224 Å². The molecule has 0 aliphatic carbocycles. The molecule has 5 amide bonds. The molecule has 13 nitrogen and oxygen atoms in total. The molecule has 2 aliphatic heterocycles. The number of piperazine rings is 1. The van der Waals surface area contributed by atoms with Crippen LogP contribution in [0.1, 0.15) is 52.4 Å². The van der Waals surface area contributed by atoms with Crippen LogP contribution in [0.15, 0.2) is 0 Å². The summed E-state index contributed by atoms with van der Waals surface area (Å²) in [6.07, 6.45) is 1.63. The molecule has 0 radical (unpaired) electrons. The van der Waals surface area contributed by atoms with Crippen LogP contribution in [0.4, 0.5) is 4.79 Å². The van der Waals surface area contributed by atoms with E-state index in [0.29, 0.717) is 45.3 Å². The summed E-state index contributed by atoms with van der Waals surface area (Å²) in [7, 11) is 1.99. The molecule has 0 unspecified atom stereocenters. The normalized spacial score (nSPS) is 24.8. The second-order valence-corrected chi connectivity index (χ2v) is 10.5. The van der Waals surface area contributed by atoms with Crippen molar-refractivity contribution in [3.05, 3.63) is 0 Å². The minimum absolute atomic E-state index is 0.0531. The standard InChI is InChI=1S/C25H44N6O7/c1-17(2)15-19-18(23(34)29-37)7-6-14-38-25(36)26-9-5-4-8-20(28-22(19)33)24(35)27-16-21(32)31-12-10-30(3)11-13-31/h17-20,37H,4-16H2,1-3H3,(H,26,36)(H,27,35)(H,28,33)(H,29,34)/t18-,19+,20-/m0/s1. The van der Waals surface area contributed by atoms with Crippen LogP contribution < -0.4 is 21.4 Å². The van der Waals surface area contributed by atoms with Crippen molar-refractivity contribution in [2.75, 3.05) is 52.9 Å². The zero-order valence-corrected chi connectivity index (χ0v) is 22.8. The molecule has 0 spiro atoms. The number of rotatable bonds is 6. The molecule has 3 atom stereocenters.